The van der Waals surface area contributed by atoms with Crippen LogP contribution in [0.1, 0.15) is 5.69 Å². The Morgan fingerprint density at radius 2 is 2.00 bits per heavy atom. The van der Waals surface area contributed by atoms with Gasteiger partial charge in [0.25, 0.3) is 0 Å². The van der Waals surface area contributed by atoms with E-state index in [4.69, 9.17) is 5.73 Å². The van der Waals surface area contributed by atoms with Crippen LogP contribution in [0.4, 0.5) is 0 Å². The molecule has 15 heavy (non-hydrogen) atoms. The molecule has 0 unspecified atom stereocenters. The lowest BCUT2D eigenvalue weighted by atomic mass is 10.2. The molecule has 0 aliphatic heterocycles. The zero-order valence-electron chi connectivity index (χ0n) is 8.05. The van der Waals surface area contributed by atoms with E-state index < -0.39 is 5.91 Å². The molecule has 2 aromatic rings. The molecule has 3 nitrogen and oxygen atoms in total. The normalized spacial score (nSPS) is 10.9. The van der Waals surface area contributed by atoms with Gasteiger partial charge in [-0.15, -0.1) is 0 Å². The number of hydrogen-bond acceptors (Lipinski definition) is 2. The molecule has 0 spiro atoms. The van der Waals surface area contributed by atoms with Crippen LogP contribution < -0.4 is 5.73 Å². The first kappa shape index (κ1) is 9.40. The van der Waals surface area contributed by atoms with Gasteiger partial charge in [0.2, 0.25) is 5.91 Å². The SMILES string of the molecule is NC(=O)/C=C/c1ccc2ccccc2n1. The van der Waals surface area contributed by atoms with Crippen molar-refractivity contribution in [3.05, 3.63) is 48.2 Å². The number of nitrogens with two attached hydrogens (primary N) is 1. The predicted molar refractivity (Wildman–Crippen MR) is 60.0 cm³/mol. The Morgan fingerprint density at radius 1 is 1.20 bits per heavy atom. The summed E-state index contributed by atoms with van der Waals surface area (Å²) in [5.41, 5.74) is 6.64. The number of para-hydroxylation sites is 1. The van der Waals surface area contributed by atoms with E-state index in [-0.39, 0.29) is 0 Å². The Morgan fingerprint density at radius 3 is 2.80 bits per heavy atom. The number of carbonyl (C=O) groups excluding carboxylic acids is 1. The third kappa shape index (κ3) is 2.20. The highest BCUT2D eigenvalue weighted by Gasteiger charge is 1.94. The lowest BCUT2D eigenvalue weighted by Crippen LogP contribution is -2.05. The summed E-state index contributed by atoms with van der Waals surface area (Å²) in [4.78, 5) is 14.9. The quantitative estimate of drug-likeness (QED) is 0.747. The summed E-state index contributed by atoms with van der Waals surface area (Å²) < 4.78 is 0. The van der Waals surface area contributed by atoms with Crippen molar-refractivity contribution in [1.82, 2.24) is 4.98 Å². The second-order valence-corrected chi connectivity index (χ2v) is 3.16. The van der Waals surface area contributed by atoms with Crippen LogP contribution in [0.3, 0.4) is 0 Å². The number of pyridine rings is 1. The van der Waals surface area contributed by atoms with Gasteiger partial charge in [0.15, 0.2) is 0 Å². The van der Waals surface area contributed by atoms with Crippen molar-refractivity contribution in [2.45, 2.75) is 0 Å². The molecular formula is C12H10N2O. The minimum atomic E-state index is -0.468. The third-order valence-corrected chi connectivity index (χ3v) is 2.04. The largest absolute Gasteiger partial charge is 0.366 e. The molecule has 1 aromatic carbocycles. The van der Waals surface area contributed by atoms with E-state index in [1.165, 1.54) is 6.08 Å². The van der Waals surface area contributed by atoms with Gasteiger partial charge in [0, 0.05) is 11.5 Å². The van der Waals surface area contributed by atoms with E-state index in [1.807, 2.05) is 36.4 Å². The average Bonchev–Trinajstić information content (AvgIpc) is 2.26. The monoisotopic (exact) mass is 198 g/mol. The minimum absolute atomic E-state index is 0.468. The number of hydrogen-bond donors (Lipinski definition) is 1. The number of fused-ring (bicyclic) bond motifs is 1. The Balaban J connectivity index is 2.43. The van der Waals surface area contributed by atoms with E-state index in [0.29, 0.717) is 0 Å². The molecule has 1 amide bonds. The summed E-state index contributed by atoms with van der Waals surface area (Å²) >= 11 is 0. The number of aromatic nitrogens is 1. The maximum atomic E-state index is 10.5. The lowest BCUT2D eigenvalue weighted by molar-refractivity contribution is -0.113. The van der Waals surface area contributed by atoms with Gasteiger partial charge in [-0.1, -0.05) is 24.3 Å². The molecule has 0 aliphatic carbocycles. The highest BCUT2D eigenvalue weighted by atomic mass is 16.1. The fourth-order valence-electron chi connectivity index (χ4n) is 1.34. The van der Waals surface area contributed by atoms with Gasteiger partial charge in [0.1, 0.15) is 0 Å². The fourth-order valence-corrected chi connectivity index (χ4v) is 1.34. The summed E-state index contributed by atoms with van der Waals surface area (Å²) in [7, 11) is 0. The Labute approximate surface area is 87.2 Å². The van der Waals surface area contributed by atoms with Crippen molar-refractivity contribution in [3.8, 4) is 0 Å². The fraction of sp³-hybridized carbons (Fsp3) is 0. The number of benzene rings is 1. The molecule has 0 bridgehead atoms. The van der Waals surface area contributed by atoms with Gasteiger partial charge >= 0.3 is 0 Å². The zero-order valence-corrected chi connectivity index (χ0v) is 8.05. The molecule has 0 radical (unpaired) electrons. The Hall–Kier alpha value is -2.16. The van der Waals surface area contributed by atoms with Crippen molar-refractivity contribution in [2.24, 2.45) is 5.73 Å². The van der Waals surface area contributed by atoms with Crippen LogP contribution in [-0.2, 0) is 4.79 Å². The smallest absolute Gasteiger partial charge is 0.241 e. The highest BCUT2D eigenvalue weighted by Crippen LogP contribution is 2.12. The standard InChI is InChI=1S/C12H10N2O/c13-12(15)8-7-10-6-5-9-3-1-2-4-11(9)14-10/h1-8H,(H2,13,15)/b8-7+. The van der Waals surface area contributed by atoms with Gasteiger partial charge in [-0.25, -0.2) is 4.98 Å². The van der Waals surface area contributed by atoms with Crippen molar-refractivity contribution >= 4 is 22.9 Å². The van der Waals surface area contributed by atoms with Gasteiger partial charge in [-0.3, -0.25) is 4.79 Å². The van der Waals surface area contributed by atoms with Crippen LogP contribution in [0.25, 0.3) is 17.0 Å². The van der Waals surface area contributed by atoms with E-state index in [2.05, 4.69) is 4.98 Å². The maximum absolute atomic E-state index is 10.5. The van der Waals surface area contributed by atoms with Crippen molar-refractivity contribution in [1.29, 1.82) is 0 Å². The molecule has 74 valence electrons. The number of nitrogens with zero attached hydrogens (tertiary/aromatic N) is 1. The van der Waals surface area contributed by atoms with Crippen LogP contribution in [0.15, 0.2) is 42.5 Å². The molecule has 2 N–H and O–H groups in total. The average molecular weight is 198 g/mol. The molecule has 0 atom stereocenters. The molecular weight excluding hydrogens is 188 g/mol. The van der Waals surface area contributed by atoms with Gasteiger partial charge in [-0.2, -0.15) is 0 Å². The molecule has 1 heterocycles. The van der Waals surface area contributed by atoms with Crippen LogP contribution in [0.2, 0.25) is 0 Å². The van der Waals surface area contributed by atoms with Crippen molar-refractivity contribution in [2.75, 3.05) is 0 Å². The second-order valence-electron chi connectivity index (χ2n) is 3.16. The van der Waals surface area contributed by atoms with E-state index in [0.717, 1.165) is 16.6 Å². The molecule has 0 saturated heterocycles. The molecule has 2 rings (SSSR count). The first-order chi connectivity index (χ1) is 7.25. The maximum Gasteiger partial charge on any atom is 0.241 e. The summed E-state index contributed by atoms with van der Waals surface area (Å²) in [5.74, 6) is -0.468. The first-order valence-electron chi connectivity index (χ1n) is 4.59. The van der Waals surface area contributed by atoms with E-state index >= 15 is 0 Å². The van der Waals surface area contributed by atoms with Crippen LogP contribution >= 0.6 is 0 Å². The van der Waals surface area contributed by atoms with Gasteiger partial charge < -0.3 is 5.73 Å². The minimum Gasteiger partial charge on any atom is -0.366 e. The molecule has 1 aromatic heterocycles. The lowest BCUT2D eigenvalue weighted by Gasteiger charge is -1.97. The zero-order chi connectivity index (χ0) is 10.7. The Kier molecular flexibility index (Phi) is 2.46. The molecule has 0 aliphatic rings. The summed E-state index contributed by atoms with van der Waals surface area (Å²) in [5, 5.41) is 1.08. The topological polar surface area (TPSA) is 56.0 Å². The van der Waals surface area contributed by atoms with Crippen LogP contribution in [0, 0.1) is 0 Å². The summed E-state index contributed by atoms with van der Waals surface area (Å²) in [6.07, 6.45) is 2.91. The van der Waals surface area contributed by atoms with E-state index in [9.17, 15) is 4.79 Å². The number of rotatable bonds is 2. The van der Waals surface area contributed by atoms with Crippen LogP contribution in [-0.4, -0.2) is 10.9 Å². The number of amides is 1. The van der Waals surface area contributed by atoms with Crippen molar-refractivity contribution < 1.29 is 4.79 Å². The predicted octanol–water partition coefficient (Wildman–Crippen LogP) is 1.73. The van der Waals surface area contributed by atoms with Crippen LogP contribution in [0.5, 0.6) is 0 Å². The van der Waals surface area contributed by atoms with Gasteiger partial charge in [0.05, 0.1) is 11.2 Å². The van der Waals surface area contributed by atoms with Gasteiger partial charge in [-0.05, 0) is 18.2 Å². The summed E-state index contributed by atoms with van der Waals surface area (Å²) in [6.45, 7) is 0. The Bertz CT molecular complexity index is 532. The molecule has 0 fully saturated rings. The first-order valence-corrected chi connectivity index (χ1v) is 4.59. The number of carbonyl (C=O) groups is 1. The highest BCUT2D eigenvalue weighted by molar-refractivity contribution is 5.90. The van der Waals surface area contributed by atoms with Crippen molar-refractivity contribution in [3.63, 3.8) is 0 Å². The second kappa shape index (κ2) is 3.92. The number of primary amides is 1. The van der Waals surface area contributed by atoms with E-state index in [1.54, 1.807) is 6.08 Å². The molecule has 0 saturated carbocycles. The third-order valence-electron chi connectivity index (χ3n) is 2.04. The summed E-state index contributed by atoms with van der Waals surface area (Å²) in [6, 6.07) is 11.6. The molecule has 3 heteroatoms.